The number of furan rings is 1. The summed E-state index contributed by atoms with van der Waals surface area (Å²) < 4.78 is 16.2. The van der Waals surface area contributed by atoms with Gasteiger partial charge in [-0.2, -0.15) is 0 Å². The Morgan fingerprint density at radius 2 is 1.74 bits per heavy atom. The lowest BCUT2D eigenvalue weighted by atomic mass is 10.0. The summed E-state index contributed by atoms with van der Waals surface area (Å²) in [6.45, 7) is 2.04. The van der Waals surface area contributed by atoms with Gasteiger partial charge >= 0.3 is 0 Å². The van der Waals surface area contributed by atoms with Crippen LogP contribution in [0.2, 0.25) is 0 Å². The molecule has 0 aliphatic rings. The molecule has 0 radical (unpaired) electrons. The van der Waals surface area contributed by atoms with Crippen molar-refractivity contribution in [1.29, 1.82) is 0 Å². The molecule has 2 N–H and O–H groups in total. The average molecular weight is 261 g/mol. The number of rotatable bonds is 5. The van der Waals surface area contributed by atoms with Gasteiger partial charge in [-0.25, -0.2) is 0 Å². The molecule has 0 aliphatic carbocycles. The predicted molar refractivity (Wildman–Crippen MR) is 73.7 cm³/mol. The van der Waals surface area contributed by atoms with Crippen molar-refractivity contribution in [3.05, 3.63) is 47.4 Å². The predicted octanol–water partition coefficient (Wildman–Crippen LogP) is 2.91. The molecule has 102 valence electrons. The zero-order chi connectivity index (χ0) is 13.8. The van der Waals surface area contributed by atoms with Gasteiger partial charge in [0.05, 0.1) is 20.3 Å². The third kappa shape index (κ3) is 2.90. The molecule has 1 unspecified atom stereocenters. The Kier molecular flexibility index (Phi) is 4.12. The van der Waals surface area contributed by atoms with E-state index in [1.165, 1.54) is 0 Å². The molecule has 0 spiro atoms. The van der Waals surface area contributed by atoms with E-state index >= 15 is 0 Å². The van der Waals surface area contributed by atoms with Crippen LogP contribution in [-0.4, -0.2) is 14.2 Å². The Hall–Kier alpha value is -1.94. The van der Waals surface area contributed by atoms with Crippen molar-refractivity contribution >= 4 is 0 Å². The molecule has 0 fully saturated rings. The van der Waals surface area contributed by atoms with E-state index in [1.54, 1.807) is 14.2 Å². The first-order valence-corrected chi connectivity index (χ1v) is 6.25. The number of ether oxygens (including phenoxy) is 2. The summed E-state index contributed by atoms with van der Waals surface area (Å²) in [7, 11) is 3.23. The van der Waals surface area contributed by atoms with Crippen LogP contribution >= 0.6 is 0 Å². The molecule has 0 amide bonds. The summed E-state index contributed by atoms with van der Waals surface area (Å²) in [5, 5.41) is 0. The van der Waals surface area contributed by atoms with Gasteiger partial charge < -0.3 is 19.6 Å². The van der Waals surface area contributed by atoms with Crippen molar-refractivity contribution in [3.8, 4) is 11.5 Å². The maximum absolute atomic E-state index is 6.23. The Morgan fingerprint density at radius 1 is 1.11 bits per heavy atom. The van der Waals surface area contributed by atoms with Gasteiger partial charge in [0.25, 0.3) is 0 Å². The fourth-order valence-electron chi connectivity index (χ4n) is 1.92. The maximum Gasteiger partial charge on any atom is 0.125 e. The minimum absolute atomic E-state index is 0.329. The van der Waals surface area contributed by atoms with E-state index in [2.05, 4.69) is 0 Å². The van der Waals surface area contributed by atoms with Crippen LogP contribution in [0.3, 0.4) is 0 Å². The van der Waals surface area contributed by atoms with Gasteiger partial charge in [0.15, 0.2) is 0 Å². The van der Waals surface area contributed by atoms with Crippen LogP contribution in [-0.2, 0) is 6.42 Å². The van der Waals surface area contributed by atoms with Crippen LogP contribution in [0.4, 0.5) is 0 Å². The van der Waals surface area contributed by atoms with Crippen molar-refractivity contribution in [2.24, 2.45) is 5.73 Å². The SMILES string of the molecule is CCc1ccc(C(N)c2cc(OC)cc(OC)c2)o1. The molecule has 4 nitrogen and oxygen atoms in total. The lowest BCUT2D eigenvalue weighted by Gasteiger charge is -2.13. The van der Waals surface area contributed by atoms with Gasteiger partial charge in [-0.3, -0.25) is 0 Å². The fraction of sp³-hybridized carbons (Fsp3) is 0.333. The summed E-state index contributed by atoms with van der Waals surface area (Å²) in [4.78, 5) is 0. The Bertz CT molecular complexity index is 526. The first-order valence-electron chi connectivity index (χ1n) is 6.25. The monoisotopic (exact) mass is 261 g/mol. The van der Waals surface area contributed by atoms with Crippen molar-refractivity contribution in [2.45, 2.75) is 19.4 Å². The normalized spacial score (nSPS) is 12.2. The van der Waals surface area contributed by atoms with Crippen LogP contribution in [0.15, 0.2) is 34.7 Å². The molecule has 1 heterocycles. The smallest absolute Gasteiger partial charge is 0.125 e. The van der Waals surface area contributed by atoms with Gasteiger partial charge in [0, 0.05) is 12.5 Å². The van der Waals surface area contributed by atoms with E-state index in [4.69, 9.17) is 19.6 Å². The largest absolute Gasteiger partial charge is 0.497 e. The van der Waals surface area contributed by atoms with Crippen LogP contribution in [0, 0.1) is 0 Å². The van der Waals surface area contributed by atoms with Crippen molar-refractivity contribution < 1.29 is 13.9 Å². The number of hydrogen-bond acceptors (Lipinski definition) is 4. The molecule has 4 heteroatoms. The molecule has 2 rings (SSSR count). The van der Waals surface area contributed by atoms with Gasteiger partial charge in [-0.15, -0.1) is 0 Å². The number of hydrogen-bond donors (Lipinski definition) is 1. The summed E-state index contributed by atoms with van der Waals surface area (Å²) in [6, 6.07) is 9.13. The third-order valence-corrected chi connectivity index (χ3v) is 3.07. The van der Waals surface area contributed by atoms with Crippen LogP contribution in [0.1, 0.15) is 30.0 Å². The Balaban J connectivity index is 2.34. The second-order valence-corrected chi connectivity index (χ2v) is 4.28. The number of methoxy groups -OCH3 is 2. The quantitative estimate of drug-likeness (QED) is 0.899. The summed E-state index contributed by atoms with van der Waals surface area (Å²) >= 11 is 0. The first kappa shape index (κ1) is 13.5. The second-order valence-electron chi connectivity index (χ2n) is 4.28. The summed E-state index contributed by atoms with van der Waals surface area (Å²) in [5.74, 6) is 3.10. The highest BCUT2D eigenvalue weighted by molar-refractivity contribution is 5.41. The van der Waals surface area contributed by atoms with Gasteiger partial charge in [0.2, 0.25) is 0 Å². The van der Waals surface area contributed by atoms with E-state index in [-0.39, 0.29) is 6.04 Å². The minimum Gasteiger partial charge on any atom is -0.497 e. The molecule has 0 aliphatic heterocycles. The molecule has 1 aromatic heterocycles. The summed E-state index contributed by atoms with van der Waals surface area (Å²) in [5.41, 5.74) is 7.12. The molecule has 2 aromatic rings. The van der Waals surface area contributed by atoms with Crippen molar-refractivity contribution in [3.63, 3.8) is 0 Å². The molecule has 1 atom stereocenters. The minimum atomic E-state index is -0.329. The van der Waals surface area contributed by atoms with Crippen LogP contribution in [0.25, 0.3) is 0 Å². The highest BCUT2D eigenvalue weighted by Crippen LogP contribution is 2.29. The van der Waals surface area contributed by atoms with E-state index in [9.17, 15) is 0 Å². The lowest BCUT2D eigenvalue weighted by Crippen LogP contribution is -2.11. The number of nitrogens with two attached hydrogens (primary N) is 1. The molecular formula is C15H19NO3. The van der Waals surface area contributed by atoms with Crippen LogP contribution in [0.5, 0.6) is 11.5 Å². The average Bonchev–Trinajstić information content (AvgIpc) is 2.94. The molecular weight excluding hydrogens is 242 g/mol. The van der Waals surface area contributed by atoms with Gasteiger partial charge in [-0.1, -0.05) is 6.92 Å². The number of benzene rings is 1. The van der Waals surface area contributed by atoms with E-state index in [0.29, 0.717) is 11.5 Å². The van der Waals surface area contributed by atoms with E-state index in [0.717, 1.165) is 23.5 Å². The van der Waals surface area contributed by atoms with Crippen LogP contribution < -0.4 is 15.2 Å². The fourth-order valence-corrected chi connectivity index (χ4v) is 1.92. The lowest BCUT2D eigenvalue weighted by molar-refractivity contribution is 0.392. The van der Waals surface area contributed by atoms with Gasteiger partial charge in [0.1, 0.15) is 23.0 Å². The highest BCUT2D eigenvalue weighted by Gasteiger charge is 2.15. The van der Waals surface area contributed by atoms with Crippen molar-refractivity contribution in [2.75, 3.05) is 14.2 Å². The first-order chi connectivity index (χ1) is 9.17. The molecule has 0 saturated heterocycles. The van der Waals surface area contributed by atoms with Gasteiger partial charge in [-0.05, 0) is 29.8 Å². The van der Waals surface area contributed by atoms with E-state index < -0.39 is 0 Å². The zero-order valence-electron chi connectivity index (χ0n) is 11.5. The van der Waals surface area contributed by atoms with Crippen molar-refractivity contribution in [1.82, 2.24) is 0 Å². The highest BCUT2D eigenvalue weighted by atomic mass is 16.5. The third-order valence-electron chi connectivity index (χ3n) is 3.07. The topological polar surface area (TPSA) is 57.6 Å². The number of aryl methyl sites for hydroxylation is 1. The Morgan fingerprint density at radius 3 is 2.21 bits per heavy atom. The zero-order valence-corrected chi connectivity index (χ0v) is 11.5. The Labute approximate surface area is 113 Å². The second kappa shape index (κ2) is 5.80. The molecule has 1 aromatic carbocycles. The standard InChI is InChI=1S/C15H19NO3/c1-4-11-5-6-14(19-11)15(16)10-7-12(17-2)9-13(8-10)18-3/h5-9,15H,4,16H2,1-3H3. The molecule has 0 saturated carbocycles. The molecule has 0 bridgehead atoms. The van der Waals surface area contributed by atoms with E-state index in [1.807, 2.05) is 37.3 Å². The summed E-state index contributed by atoms with van der Waals surface area (Å²) in [6.07, 6.45) is 0.855. The maximum atomic E-state index is 6.23. The molecule has 19 heavy (non-hydrogen) atoms.